The topological polar surface area (TPSA) is 26.0 Å². The molecule has 0 spiro atoms. The molecule has 0 radical (unpaired) electrons. The molecule has 2 aliphatic rings. The Labute approximate surface area is 71.9 Å². The van der Waals surface area contributed by atoms with Crippen LogP contribution in [-0.4, -0.2) is 0 Å². The highest BCUT2D eigenvalue weighted by atomic mass is 14.5. The average Bonchev–Trinajstić information content (AvgIpc) is 2.63. The van der Waals surface area contributed by atoms with Gasteiger partial charge in [-0.2, -0.15) is 0 Å². The van der Waals surface area contributed by atoms with Gasteiger partial charge in [-0.1, -0.05) is 18.2 Å². The van der Waals surface area contributed by atoms with Crippen molar-refractivity contribution in [2.75, 3.05) is 5.73 Å². The number of rotatable bonds is 0. The average molecular weight is 157 g/mol. The van der Waals surface area contributed by atoms with Crippen molar-refractivity contribution in [1.82, 2.24) is 0 Å². The number of fused-ring (bicyclic) bond motifs is 5. The Kier molecular flexibility index (Phi) is 1.01. The zero-order valence-corrected chi connectivity index (χ0v) is 6.83. The molecule has 0 amide bonds. The minimum absolute atomic E-state index is 0.661. The van der Waals surface area contributed by atoms with Crippen LogP contribution in [0.4, 0.5) is 5.69 Å². The summed E-state index contributed by atoms with van der Waals surface area (Å²) in [4.78, 5) is 0. The summed E-state index contributed by atoms with van der Waals surface area (Å²) in [6.07, 6.45) is 5.91. The first-order chi connectivity index (χ1) is 5.84. The highest BCUT2D eigenvalue weighted by molar-refractivity contribution is 5.54. The van der Waals surface area contributed by atoms with Gasteiger partial charge in [-0.3, -0.25) is 0 Å². The fraction of sp³-hybridized carbons (Fsp3) is 0.273. The molecule has 0 fully saturated rings. The summed E-state index contributed by atoms with van der Waals surface area (Å²) in [7, 11) is 0. The van der Waals surface area contributed by atoms with E-state index in [0.717, 1.165) is 5.69 Å². The number of benzene rings is 1. The molecule has 3 rings (SSSR count). The predicted molar refractivity (Wildman–Crippen MR) is 50.1 cm³/mol. The van der Waals surface area contributed by atoms with Crippen LogP contribution in [0.25, 0.3) is 0 Å². The third-order valence-corrected chi connectivity index (χ3v) is 2.99. The van der Waals surface area contributed by atoms with E-state index in [1.54, 1.807) is 0 Å². The van der Waals surface area contributed by atoms with E-state index >= 15 is 0 Å². The summed E-state index contributed by atoms with van der Waals surface area (Å²) >= 11 is 0. The van der Waals surface area contributed by atoms with Crippen LogP contribution in [0.2, 0.25) is 0 Å². The van der Waals surface area contributed by atoms with Crippen LogP contribution in [0, 0.1) is 0 Å². The Hall–Kier alpha value is -1.24. The Morgan fingerprint density at radius 1 is 1.08 bits per heavy atom. The number of allylic oxidation sites excluding steroid dienone is 2. The molecule has 2 atom stereocenters. The molecule has 12 heavy (non-hydrogen) atoms. The smallest absolute Gasteiger partial charge is 0.0317 e. The molecule has 0 saturated heterocycles. The zero-order valence-electron chi connectivity index (χ0n) is 6.83. The van der Waals surface area contributed by atoms with E-state index in [4.69, 9.17) is 5.73 Å². The number of hydrogen-bond donors (Lipinski definition) is 1. The standard InChI is InChI=1S/C11H11N/c12-9-3-4-10-7-1-2-8(5-7)11(10)6-9/h1-4,6-8H,5,12H2. The van der Waals surface area contributed by atoms with Crippen LogP contribution in [0.15, 0.2) is 30.4 Å². The molecule has 2 aliphatic carbocycles. The zero-order chi connectivity index (χ0) is 8.13. The third kappa shape index (κ3) is 0.638. The molecule has 0 saturated carbocycles. The highest BCUT2D eigenvalue weighted by Gasteiger charge is 2.32. The van der Waals surface area contributed by atoms with E-state index in [9.17, 15) is 0 Å². The van der Waals surface area contributed by atoms with Gasteiger partial charge in [0.1, 0.15) is 0 Å². The van der Waals surface area contributed by atoms with Crippen molar-refractivity contribution in [3.8, 4) is 0 Å². The predicted octanol–water partition coefficient (Wildman–Crippen LogP) is 2.41. The maximum atomic E-state index is 5.74. The third-order valence-electron chi connectivity index (χ3n) is 2.99. The van der Waals surface area contributed by atoms with E-state index in [2.05, 4.69) is 24.3 Å². The second-order valence-electron chi connectivity index (χ2n) is 3.72. The molecule has 0 aliphatic heterocycles. The Bertz CT molecular complexity index is 365. The van der Waals surface area contributed by atoms with Gasteiger partial charge in [0.2, 0.25) is 0 Å². The maximum Gasteiger partial charge on any atom is 0.0317 e. The van der Waals surface area contributed by atoms with Crippen LogP contribution in [0.5, 0.6) is 0 Å². The Balaban J connectivity index is 2.24. The molecule has 0 aromatic heterocycles. The largest absolute Gasteiger partial charge is 0.399 e. The molecular formula is C11H11N. The second kappa shape index (κ2) is 1.92. The Morgan fingerprint density at radius 2 is 1.83 bits per heavy atom. The molecule has 2 bridgehead atoms. The first-order valence-electron chi connectivity index (χ1n) is 4.42. The molecule has 60 valence electrons. The van der Waals surface area contributed by atoms with Gasteiger partial charge < -0.3 is 5.73 Å². The van der Waals surface area contributed by atoms with E-state index in [1.807, 2.05) is 6.07 Å². The highest BCUT2D eigenvalue weighted by Crippen LogP contribution is 2.48. The fourth-order valence-corrected chi connectivity index (χ4v) is 2.41. The maximum absolute atomic E-state index is 5.74. The molecule has 1 nitrogen and oxygen atoms in total. The summed E-state index contributed by atoms with van der Waals surface area (Å²) < 4.78 is 0. The van der Waals surface area contributed by atoms with E-state index in [1.165, 1.54) is 17.5 Å². The van der Waals surface area contributed by atoms with Gasteiger partial charge in [0.25, 0.3) is 0 Å². The number of nitrogens with two attached hydrogens (primary N) is 1. The monoisotopic (exact) mass is 157 g/mol. The number of nitrogen functional groups attached to an aromatic ring is 1. The molecule has 2 unspecified atom stereocenters. The first kappa shape index (κ1) is 6.30. The minimum atomic E-state index is 0.661. The van der Waals surface area contributed by atoms with Crippen LogP contribution in [0.1, 0.15) is 29.4 Å². The summed E-state index contributed by atoms with van der Waals surface area (Å²) in [6, 6.07) is 6.32. The van der Waals surface area contributed by atoms with E-state index in [-0.39, 0.29) is 0 Å². The lowest BCUT2D eigenvalue weighted by Gasteiger charge is -2.09. The normalized spacial score (nSPS) is 29.3. The number of hydrogen-bond acceptors (Lipinski definition) is 1. The van der Waals surface area contributed by atoms with Gasteiger partial charge in [0.15, 0.2) is 0 Å². The van der Waals surface area contributed by atoms with Crippen LogP contribution < -0.4 is 5.73 Å². The van der Waals surface area contributed by atoms with Crippen LogP contribution in [-0.2, 0) is 0 Å². The summed E-state index contributed by atoms with van der Waals surface area (Å²) in [5.74, 6) is 1.35. The lowest BCUT2D eigenvalue weighted by molar-refractivity contribution is 0.804. The SMILES string of the molecule is Nc1ccc2c(c1)C1C=CC2C1. The van der Waals surface area contributed by atoms with Gasteiger partial charge in [-0.05, 0) is 29.7 Å². The van der Waals surface area contributed by atoms with Gasteiger partial charge in [0, 0.05) is 17.5 Å². The number of anilines is 1. The van der Waals surface area contributed by atoms with Crippen LogP contribution in [0.3, 0.4) is 0 Å². The van der Waals surface area contributed by atoms with E-state index in [0.29, 0.717) is 11.8 Å². The molecule has 1 aromatic carbocycles. The molecule has 0 heterocycles. The second-order valence-corrected chi connectivity index (χ2v) is 3.72. The van der Waals surface area contributed by atoms with Crippen molar-refractivity contribution in [2.45, 2.75) is 18.3 Å². The van der Waals surface area contributed by atoms with Gasteiger partial charge in [-0.25, -0.2) is 0 Å². The summed E-state index contributed by atoms with van der Waals surface area (Å²) in [5, 5.41) is 0. The molecule has 1 heteroatoms. The quantitative estimate of drug-likeness (QED) is 0.454. The first-order valence-corrected chi connectivity index (χ1v) is 4.42. The summed E-state index contributed by atoms with van der Waals surface area (Å²) in [6.45, 7) is 0. The Morgan fingerprint density at radius 3 is 2.67 bits per heavy atom. The van der Waals surface area contributed by atoms with Gasteiger partial charge >= 0.3 is 0 Å². The molecule has 2 N–H and O–H groups in total. The van der Waals surface area contributed by atoms with Crippen molar-refractivity contribution in [3.05, 3.63) is 41.5 Å². The fourth-order valence-electron chi connectivity index (χ4n) is 2.41. The lowest BCUT2D eigenvalue weighted by Crippen LogP contribution is -1.94. The van der Waals surface area contributed by atoms with E-state index < -0.39 is 0 Å². The van der Waals surface area contributed by atoms with Crippen molar-refractivity contribution in [1.29, 1.82) is 0 Å². The van der Waals surface area contributed by atoms with Crippen molar-refractivity contribution < 1.29 is 0 Å². The summed E-state index contributed by atoms with van der Waals surface area (Å²) in [5.41, 5.74) is 9.59. The molecule has 1 aromatic rings. The van der Waals surface area contributed by atoms with Crippen molar-refractivity contribution >= 4 is 5.69 Å². The van der Waals surface area contributed by atoms with Gasteiger partial charge in [-0.15, -0.1) is 0 Å². The lowest BCUT2D eigenvalue weighted by atomic mass is 9.96. The van der Waals surface area contributed by atoms with Crippen molar-refractivity contribution in [3.63, 3.8) is 0 Å². The molecular weight excluding hydrogens is 146 g/mol. The van der Waals surface area contributed by atoms with Gasteiger partial charge in [0.05, 0.1) is 0 Å². The van der Waals surface area contributed by atoms with Crippen molar-refractivity contribution in [2.24, 2.45) is 0 Å². The van der Waals surface area contributed by atoms with Crippen LogP contribution >= 0.6 is 0 Å². The minimum Gasteiger partial charge on any atom is -0.399 e.